The summed E-state index contributed by atoms with van der Waals surface area (Å²) in [6.45, 7) is 0. The third-order valence-electron chi connectivity index (χ3n) is 1.88. The molecule has 0 aliphatic carbocycles. The predicted molar refractivity (Wildman–Crippen MR) is 52.8 cm³/mol. The Bertz CT molecular complexity index is 404. The summed E-state index contributed by atoms with van der Waals surface area (Å²) in [7, 11) is 0. The zero-order valence-electron chi connectivity index (χ0n) is 7.54. The summed E-state index contributed by atoms with van der Waals surface area (Å²) in [4.78, 5) is 3.62. The highest BCUT2D eigenvalue weighted by Gasteiger charge is 2.18. The van der Waals surface area contributed by atoms with E-state index in [4.69, 9.17) is 5.26 Å². The molecule has 1 aromatic rings. The summed E-state index contributed by atoms with van der Waals surface area (Å²) in [5.74, 6) is -0.328. The Hall–Kier alpha value is -1.22. The zero-order chi connectivity index (χ0) is 11.4. The van der Waals surface area contributed by atoms with Crippen LogP contribution in [-0.2, 0) is 11.8 Å². The Morgan fingerprint density at radius 3 is 2.73 bits per heavy atom. The van der Waals surface area contributed by atoms with Crippen molar-refractivity contribution in [2.45, 2.75) is 18.2 Å². The molecule has 1 N–H and O–H groups in total. The first-order valence-corrected chi connectivity index (χ1v) is 5.14. The van der Waals surface area contributed by atoms with Gasteiger partial charge >= 0.3 is 0 Å². The van der Waals surface area contributed by atoms with Crippen LogP contribution in [-0.4, -0.2) is 10.1 Å². The summed E-state index contributed by atoms with van der Waals surface area (Å²) in [5.41, 5.74) is -0.104. The lowest BCUT2D eigenvalue weighted by Gasteiger charge is -2.10. The first kappa shape index (κ1) is 11.9. The van der Waals surface area contributed by atoms with E-state index in [1.54, 1.807) is 6.07 Å². The molecule has 3 nitrogen and oxygen atoms in total. The lowest BCUT2D eigenvalue weighted by molar-refractivity contribution is 0.149. The van der Waals surface area contributed by atoms with Crippen molar-refractivity contribution in [1.29, 1.82) is 5.26 Å². The van der Waals surface area contributed by atoms with Crippen LogP contribution in [0.1, 0.15) is 23.2 Å². The second kappa shape index (κ2) is 5.03. The molecule has 0 amide bonds. The fourth-order valence-electron chi connectivity index (χ4n) is 1.13. The third-order valence-corrected chi connectivity index (χ3v) is 2.44. The monoisotopic (exact) mass is 276 g/mol. The Labute approximate surface area is 93.5 Å². The largest absolute Gasteiger partial charge is 0.506 e. The van der Waals surface area contributed by atoms with Gasteiger partial charge in [-0.15, -0.1) is 0 Å². The summed E-state index contributed by atoms with van der Waals surface area (Å²) in [6.07, 6.45) is -1.80. The van der Waals surface area contributed by atoms with Gasteiger partial charge in [0.15, 0.2) is 0 Å². The molecule has 0 saturated heterocycles. The van der Waals surface area contributed by atoms with Crippen LogP contribution >= 0.6 is 15.9 Å². The Balaban J connectivity index is 3.27. The molecule has 80 valence electrons. The van der Waals surface area contributed by atoms with Crippen LogP contribution < -0.4 is 0 Å². The highest BCUT2D eigenvalue weighted by atomic mass is 79.9. The quantitative estimate of drug-likeness (QED) is 0.864. The van der Waals surface area contributed by atoms with Crippen LogP contribution in [0.15, 0.2) is 6.20 Å². The summed E-state index contributed by atoms with van der Waals surface area (Å²) in [5, 5.41) is 18.1. The number of hydrogen-bond donors (Lipinski definition) is 1. The molecule has 6 heteroatoms. The highest BCUT2D eigenvalue weighted by molar-refractivity contribution is 9.08. The number of halogens is 3. The van der Waals surface area contributed by atoms with Crippen molar-refractivity contribution in [3.8, 4) is 11.8 Å². The summed E-state index contributed by atoms with van der Waals surface area (Å²) >= 11 is 3.01. The van der Waals surface area contributed by atoms with Gasteiger partial charge in [-0.2, -0.15) is 5.26 Å². The minimum atomic E-state index is -2.69. The van der Waals surface area contributed by atoms with Crippen molar-refractivity contribution in [2.75, 3.05) is 0 Å². The average molecular weight is 277 g/mol. The van der Waals surface area contributed by atoms with E-state index >= 15 is 0 Å². The number of aromatic nitrogens is 1. The standard InChI is InChI=1S/C9H7BrF2N2O/c10-3-5-6(9(11)12)4-14-7(1-2-13)8(5)15/h4,9,15H,1,3H2. The first-order valence-electron chi connectivity index (χ1n) is 4.02. The smallest absolute Gasteiger partial charge is 0.265 e. The molecule has 0 unspecified atom stereocenters. The summed E-state index contributed by atoms with van der Waals surface area (Å²) < 4.78 is 25.0. The van der Waals surface area contributed by atoms with Crippen LogP contribution in [0.3, 0.4) is 0 Å². The number of rotatable bonds is 3. The average Bonchev–Trinajstić information content (AvgIpc) is 2.20. The topological polar surface area (TPSA) is 56.9 Å². The van der Waals surface area contributed by atoms with Gasteiger partial charge in [0.1, 0.15) is 5.75 Å². The van der Waals surface area contributed by atoms with Gasteiger partial charge < -0.3 is 5.11 Å². The fourth-order valence-corrected chi connectivity index (χ4v) is 1.72. The van der Waals surface area contributed by atoms with Gasteiger partial charge in [0.05, 0.1) is 18.2 Å². The van der Waals surface area contributed by atoms with Crippen molar-refractivity contribution >= 4 is 15.9 Å². The van der Waals surface area contributed by atoms with Crippen molar-refractivity contribution in [3.05, 3.63) is 23.0 Å². The molecule has 1 heterocycles. The molecule has 0 aliphatic heterocycles. The first-order chi connectivity index (χ1) is 7.11. The zero-order valence-corrected chi connectivity index (χ0v) is 9.13. The molecular formula is C9H7BrF2N2O. The van der Waals surface area contributed by atoms with Gasteiger partial charge in [0.25, 0.3) is 6.43 Å². The van der Waals surface area contributed by atoms with E-state index < -0.39 is 6.43 Å². The number of nitrogens with zero attached hydrogens (tertiary/aromatic N) is 2. The van der Waals surface area contributed by atoms with Gasteiger partial charge in [0.2, 0.25) is 0 Å². The molecule has 0 aliphatic rings. The SMILES string of the molecule is N#CCc1ncc(C(F)F)c(CBr)c1O. The second-order valence-corrected chi connectivity index (χ2v) is 3.32. The number of alkyl halides is 3. The Kier molecular flexibility index (Phi) is 3.97. The fraction of sp³-hybridized carbons (Fsp3) is 0.333. The van der Waals surface area contributed by atoms with E-state index in [9.17, 15) is 13.9 Å². The van der Waals surface area contributed by atoms with Gasteiger partial charge in [-0.25, -0.2) is 8.78 Å². The predicted octanol–water partition coefficient (Wildman–Crippen LogP) is 2.69. The van der Waals surface area contributed by atoms with E-state index in [0.29, 0.717) is 0 Å². The maximum absolute atomic E-state index is 12.5. The maximum Gasteiger partial charge on any atom is 0.265 e. The van der Waals surface area contributed by atoms with Crippen molar-refractivity contribution in [3.63, 3.8) is 0 Å². The number of hydrogen-bond acceptors (Lipinski definition) is 3. The highest BCUT2D eigenvalue weighted by Crippen LogP contribution is 2.32. The normalized spacial score (nSPS) is 10.3. The minimum Gasteiger partial charge on any atom is -0.506 e. The van der Waals surface area contributed by atoms with Gasteiger partial charge in [-0.1, -0.05) is 15.9 Å². The van der Waals surface area contributed by atoms with E-state index in [-0.39, 0.29) is 34.3 Å². The number of pyridine rings is 1. The maximum atomic E-state index is 12.5. The molecule has 1 rings (SSSR count). The molecule has 0 fully saturated rings. The Morgan fingerprint density at radius 1 is 1.60 bits per heavy atom. The molecule has 0 atom stereocenters. The van der Waals surface area contributed by atoms with E-state index in [1.165, 1.54) is 0 Å². The minimum absolute atomic E-state index is 0.0882. The van der Waals surface area contributed by atoms with E-state index in [1.807, 2.05) is 0 Å². The molecule has 0 aromatic carbocycles. The molecule has 15 heavy (non-hydrogen) atoms. The second-order valence-electron chi connectivity index (χ2n) is 2.76. The Morgan fingerprint density at radius 2 is 2.27 bits per heavy atom. The third kappa shape index (κ3) is 2.42. The van der Waals surface area contributed by atoms with Crippen LogP contribution in [0.4, 0.5) is 8.78 Å². The molecule has 0 bridgehead atoms. The number of aromatic hydroxyl groups is 1. The molecule has 1 aromatic heterocycles. The van der Waals surface area contributed by atoms with Crippen LogP contribution in [0.2, 0.25) is 0 Å². The van der Waals surface area contributed by atoms with Crippen LogP contribution in [0, 0.1) is 11.3 Å². The van der Waals surface area contributed by atoms with Crippen molar-refractivity contribution in [1.82, 2.24) is 4.98 Å². The summed E-state index contributed by atoms with van der Waals surface area (Å²) in [6, 6.07) is 1.80. The molecule has 0 radical (unpaired) electrons. The van der Waals surface area contributed by atoms with Crippen molar-refractivity contribution < 1.29 is 13.9 Å². The van der Waals surface area contributed by atoms with Gasteiger partial charge in [-0.3, -0.25) is 4.98 Å². The van der Waals surface area contributed by atoms with E-state index in [2.05, 4.69) is 20.9 Å². The van der Waals surface area contributed by atoms with Crippen LogP contribution in [0.5, 0.6) is 5.75 Å². The number of nitriles is 1. The molecular weight excluding hydrogens is 270 g/mol. The lowest BCUT2D eigenvalue weighted by Crippen LogP contribution is -1.99. The van der Waals surface area contributed by atoms with Gasteiger partial charge in [0, 0.05) is 22.7 Å². The van der Waals surface area contributed by atoms with Crippen LogP contribution in [0.25, 0.3) is 0 Å². The van der Waals surface area contributed by atoms with Gasteiger partial charge in [-0.05, 0) is 0 Å². The molecule has 0 spiro atoms. The van der Waals surface area contributed by atoms with E-state index in [0.717, 1.165) is 6.20 Å². The molecule has 0 saturated carbocycles. The lowest BCUT2D eigenvalue weighted by atomic mass is 10.1. The van der Waals surface area contributed by atoms with Crippen molar-refractivity contribution in [2.24, 2.45) is 0 Å².